The number of rotatable bonds is 5. The Bertz CT molecular complexity index is 1350. The van der Waals surface area contributed by atoms with Crippen LogP contribution in [-0.2, 0) is 0 Å². The van der Waals surface area contributed by atoms with Gasteiger partial charge in [-0.05, 0) is 66.9 Å². The second kappa shape index (κ2) is 8.40. The van der Waals surface area contributed by atoms with E-state index in [-0.39, 0.29) is 0 Å². The van der Waals surface area contributed by atoms with Crippen LogP contribution in [0, 0.1) is 36.5 Å². The number of aromatic amines is 1. The van der Waals surface area contributed by atoms with Crippen molar-refractivity contribution in [2.45, 2.75) is 13.8 Å². The highest BCUT2D eigenvalue weighted by Gasteiger charge is 2.14. The van der Waals surface area contributed by atoms with E-state index in [1.54, 1.807) is 24.4 Å². The first kappa shape index (κ1) is 19.7. The van der Waals surface area contributed by atoms with E-state index in [1.165, 1.54) is 6.08 Å². The van der Waals surface area contributed by atoms with E-state index in [0.29, 0.717) is 34.2 Å². The minimum absolute atomic E-state index is 0.391. The standard InChI is InChI=1S/C24H18N6O/c1-15-12-18(14-26)13-16(2)22(15)31-23-21-20(9-11-27-21)29-24(30-23)28-19-7-5-17(6-8-19)4-3-10-25/h3-9,11-13,27H,1-2H3,(H,28,29,30)/b4-3+. The highest BCUT2D eigenvalue weighted by molar-refractivity contribution is 5.82. The number of hydrogen-bond donors (Lipinski definition) is 2. The van der Waals surface area contributed by atoms with Crippen LogP contribution < -0.4 is 10.1 Å². The summed E-state index contributed by atoms with van der Waals surface area (Å²) >= 11 is 0. The quantitative estimate of drug-likeness (QED) is 0.422. The van der Waals surface area contributed by atoms with Crippen molar-refractivity contribution in [3.63, 3.8) is 0 Å². The largest absolute Gasteiger partial charge is 0.436 e. The molecule has 2 aromatic carbocycles. The van der Waals surface area contributed by atoms with E-state index in [4.69, 9.17) is 10.00 Å². The van der Waals surface area contributed by atoms with Gasteiger partial charge >= 0.3 is 0 Å². The van der Waals surface area contributed by atoms with Gasteiger partial charge in [0, 0.05) is 18.0 Å². The predicted molar refractivity (Wildman–Crippen MR) is 119 cm³/mol. The number of benzene rings is 2. The number of nitriles is 2. The maximum atomic E-state index is 9.17. The van der Waals surface area contributed by atoms with E-state index < -0.39 is 0 Å². The first-order chi connectivity index (χ1) is 15.1. The summed E-state index contributed by atoms with van der Waals surface area (Å²) in [6.45, 7) is 3.80. The molecule has 2 aromatic heterocycles. The third kappa shape index (κ3) is 4.21. The van der Waals surface area contributed by atoms with Crippen LogP contribution in [0.2, 0.25) is 0 Å². The summed E-state index contributed by atoms with van der Waals surface area (Å²) in [6, 6.07) is 17.1. The van der Waals surface area contributed by atoms with Gasteiger partial charge in [0.1, 0.15) is 11.3 Å². The molecule has 0 radical (unpaired) electrons. The molecule has 0 aliphatic rings. The van der Waals surface area contributed by atoms with Gasteiger partial charge in [0.2, 0.25) is 11.8 Å². The summed E-state index contributed by atoms with van der Waals surface area (Å²) in [5.41, 5.74) is 5.42. The van der Waals surface area contributed by atoms with Crippen molar-refractivity contribution in [2.24, 2.45) is 0 Å². The Hall–Kier alpha value is -4.62. The fourth-order valence-electron chi connectivity index (χ4n) is 3.26. The second-order valence-corrected chi connectivity index (χ2v) is 6.95. The van der Waals surface area contributed by atoms with Gasteiger partial charge in [-0.1, -0.05) is 12.1 Å². The molecular formula is C24H18N6O. The number of aryl methyl sites for hydroxylation is 2. The summed E-state index contributed by atoms with van der Waals surface area (Å²) in [4.78, 5) is 12.2. The first-order valence-electron chi connectivity index (χ1n) is 9.55. The Labute approximate surface area is 179 Å². The molecule has 150 valence electrons. The van der Waals surface area contributed by atoms with Crippen LogP contribution in [0.4, 0.5) is 11.6 Å². The van der Waals surface area contributed by atoms with Crippen molar-refractivity contribution in [1.82, 2.24) is 15.0 Å². The number of hydrogen-bond acceptors (Lipinski definition) is 6. The van der Waals surface area contributed by atoms with Crippen LogP contribution in [0.3, 0.4) is 0 Å². The van der Waals surface area contributed by atoms with Crippen LogP contribution in [-0.4, -0.2) is 15.0 Å². The van der Waals surface area contributed by atoms with Gasteiger partial charge < -0.3 is 15.0 Å². The van der Waals surface area contributed by atoms with Crippen molar-refractivity contribution in [3.8, 4) is 23.8 Å². The lowest BCUT2D eigenvalue weighted by Gasteiger charge is -2.13. The Morgan fingerprint density at radius 2 is 1.77 bits per heavy atom. The zero-order valence-electron chi connectivity index (χ0n) is 17.0. The van der Waals surface area contributed by atoms with Crippen LogP contribution in [0.1, 0.15) is 22.3 Å². The van der Waals surface area contributed by atoms with Crippen LogP contribution >= 0.6 is 0 Å². The molecular weight excluding hydrogens is 388 g/mol. The maximum Gasteiger partial charge on any atom is 0.248 e. The van der Waals surface area contributed by atoms with Crippen molar-refractivity contribution >= 4 is 28.7 Å². The molecule has 0 aliphatic heterocycles. The minimum atomic E-state index is 0.391. The predicted octanol–water partition coefficient (Wildman–Crippen LogP) is 5.52. The zero-order valence-corrected chi connectivity index (χ0v) is 17.0. The molecule has 0 saturated carbocycles. The number of H-pyrrole nitrogens is 1. The first-order valence-corrected chi connectivity index (χ1v) is 9.55. The minimum Gasteiger partial charge on any atom is -0.436 e. The molecule has 2 N–H and O–H groups in total. The van der Waals surface area contributed by atoms with Gasteiger partial charge in [0.15, 0.2) is 0 Å². The van der Waals surface area contributed by atoms with Crippen molar-refractivity contribution in [3.05, 3.63) is 77.0 Å². The number of fused-ring (bicyclic) bond motifs is 1. The SMILES string of the molecule is Cc1cc(C#N)cc(C)c1Oc1nc(Nc2ccc(/C=C/C#N)cc2)nc2cc[nH]c12. The highest BCUT2D eigenvalue weighted by Crippen LogP contribution is 2.33. The van der Waals surface area contributed by atoms with E-state index in [1.807, 2.05) is 50.2 Å². The third-order valence-corrected chi connectivity index (χ3v) is 4.68. The number of nitrogens with zero attached hydrogens (tertiary/aromatic N) is 4. The molecule has 31 heavy (non-hydrogen) atoms. The molecule has 4 rings (SSSR count). The lowest BCUT2D eigenvalue weighted by Crippen LogP contribution is -2.01. The summed E-state index contributed by atoms with van der Waals surface area (Å²) in [5, 5.41) is 21.0. The number of anilines is 2. The molecule has 0 fully saturated rings. The smallest absolute Gasteiger partial charge is 0.248 e. The Morgan fingerprint density at radius 1 is 1.03 bits per heavy atom. The normalized spacial score (nSPS) is 10.7. The third-order valence-electron chi connectivity index (χ3n) is 4.68. The van der Waals surface area contributed by atoms with E-state index in [9.17, 15) is 5.26 Å². The second-order valence-electron chi connectivity index (χ2n) is 6.95. The van der Waals surface area contributed by atoms with Gasteiger partial charge in [-0.3, -0.25) is 0 Å². The van der Waals surface area contributed by atoms with E-state index in [2.05, 4.69) is 26.3 Å². The molecule has 4 aromatic rings. The van der Waals surface area contributed by atoms with Gasteiger partial charge in [-0.25, -0.2) is 4.98 Å². The monoisotopic (exact) mass is 406 g/mol. The van der Waals surface area contributed by atoms with E-state index >= 15 is 0 Å². The van der Waals surface area contributed by atoms with Crippen molar-refractivity contribution in [1.29, 1.82) is 10.5 Å². The lowest BCUT2D eigenvalue weighted by molar-refractivity contribution is 0.461. The van der Waals surface area contributed by atoms with Crippen molar-refractivity contribution < 1.29 is 4.74 Å². The summed E-state index contributed by atoms with van der Waals surface area (Å²) < 4.78 is 6.18. The molecule has 7 heteroatoms. The number of ether oxygens (including phenoxy) is 1. The Morgan fingerprint density at radius 3 is 2.45 bits per heavy atom. The number of allylic oxidation sites excluding steroid dienone is 1. The Balaban J connectivity index is 1.67. The molecule has 2 heterocycles. The summed E-state index contributed by atoms with van der Waals surface area (Å²) in [6.07, 6.45) is 4.95. The average molecular weight is 406 g/mol. The topological polar surface area (TPSA) is 110 Å². The molecule has 0 bridgehead atoms. The molecule has 7 nitrogen and oxygen atoms in total. The van der Waals surface area contributed by atoms with Crippen LogP contribution in [0.25, 0.3) is 17.1 Å². The number of nitrogens with one attached hydrogen (secondary N) is 2. The summed E-state index contributed by atoms with van der Waals surface area (Å²) in [7, 11) is 0. The fourth-order valence-corrected chi connectivity index (χ4v) is 3.26. The fraction of sp³-hybridized carbons (Fsp3) is 0.0833. The summed E-state index contributed by atoms with van der Waals surface area (Å²) in [5.74, 6) is 1.45. The molecule has 0 aliphatic carbocycles. The van der Waals surface area contributed by atoms with Gasteiger partial charge in [-0.15, -0.1) is 0 Å². The lowest BCUT2D eigenvalue weighted by atomic mass is 10.1. The molecule has 0 spiro atoms. The zero-order chi connectivity index (χ0) is 21.8. The van der Waals surface area contributed by atoms with E-state index in [0.717, 1.165) is 22.4 Å². The van der Waals surface area contributed by atoms with Crippen LogP contribution in [0.5, 0.6) is 11.6 Å². The molecule has 0 saturated heterocycles. The maximum absolute atomic E-state index is 9.17. The van der Waals surface area contributed by atoms with Gasteiger partial charge in [0.05, 0.1) is 23.2 Å². The molecule has 0 atom stereocenters. The highest BCUT2D eigenvalue weighted by atomic mass is 16.5. The average Bonchev–Trinajstić information content (AvgIpc) is 3.24. The molecule has 0 amide bonds. The molecule has 0 unspecified atom stereocenters. The number of aromatic nitrogens is 3. The Kier molecular flexibility index (Phi) is 5.33. The van der Waals surface area contributed by atoms with Crippen molar-refractivity contribution in [2.75, 3.05) is 5.32 Å². The van der Waals surface area contributed by atoms with Crippen LogP contribution in [0.15, 0.2) is 54.7 Å². The van der Waals surface area contributed by atoms with Gasteiger partial charge in [0.25, 0.3) is 0 Å². The van der Waals surface area contributed by atoms with Gasteiger partial charge in [-0.2, -0.15) is 15.5 Å².